The quantitative estimate of drug-likeness (QED) is 0.666. The lowest BCUT2D eigenvalue weighted by molar-refractivity contribution is 0.0138. The summed E-state index contributed by atoms with van der Waals surface area (Å²) in [5.74, 6) is 0. The third-order valence-corrected chi connectivity index (χ3v) is 3.20. The monoisotopic (exact) mass is 279 g/mol. The van der Waals surface area contributed by atoms with Crippen molar-refractivity contribution in [2.24, 2.45) is 0 Å². The molecule has 0 spiro atoms. The van der Waals surface area contributed by atoms with E-state index in [1.165, 1.54) is 11.1 Å². The fourth-order valence-corrected chi connectivity index (χ4v) is 2.05. The minimum atomic E-state index is 0.255. The van der Waals surface area contributed by atoms with Gasteiger partial charge >= 0.3 is 0 Å². The first-order chi connectivity index (χ1) is 9.67. The molecule has 0 aliphatic rings. The standard InChI is InChI=1S/C17H29NO2/c1-5-15-7-9-16(10-8-15)17(18-6-2)13-19-11-12-20-14(3)4/h7-10,14,17-18H,5-6,11-13H2,1-4H3. The highest BCUT2D eigenvalue weighted by Gasteiger charge is 2.10. The molecule has 0 radical (unpaired) electrons. The molecule has 20 heavy (non-hydrogen) atoms. The summed E-state index contributed by atoms with van der Waals surface area (Å²) < 4.78 is 11.2. The molecule has 3 heteroatoms. The average Bonchev–Trinajstić information content (AvgIpc) is 2.45. The Morgan fingerprint density at radius 3 is 2.30 bits per heavy atom. The molecule has 0 bridgehead atoms. The highest BCUT2D eigenvalue weighted by atomic mass is 16.5. The molecular weight excluding hydrogens is 250 g/mol. The van der Waals surface area contributed by atoms with Gasteiger partial charge in [-0.3, -0.25) is 0 Å². The van der Waals surface area contributed by atoms with Crippen LogP contribution in [0.3, 0.4) is 0 Å². The Kier molecular flexibility index (Phi) is 8.51. The Labute approximate surface area is 123 Å². The Balaban J connectivity index is 2.42. The highest BCUT2D eigenvalue weighted by Crippen LogP contribution is 2.15. The van der Waals surface area contributed by atoms with Gasteiger partial charge in [-0.2, -0.15) is 0 Å². The van der Waals surface area contributed by atoms with E-state index in [0.717, 1.165) is 13.0 Å². The number of nitrogens with one attached hydrogen (secondary N) is 1. The third-order valence-electron chi connectivity index (χ3n) is 3.20. The first-order valence-electron chi connectivity index (χ1n) is 7.68. The summed E-state index contributed by atoms with van der Waals surface area (Å²) in [5.41, 5.74) is 2.66. The molecule has 0 amide bonds. The van der Waals surface area contributed by atoms with Gasteiger partial charge in [0.2, 0.25) is 0 Å². The van der Waals surface area contributed by atoms with Gasteiger partial charge in [0.1, 0.15) is 0 Å². The molecule has 0 saturated carbocycles. The number of rotatable bonds is 10. The molecule has 1 aromatic rings. The number of benzene rings is 1. The number of ether oxygens (including phenoxy) is 2. The van der Waals surface area contributed by atoms with E-state index >= 15 is 0 Å². The lowest BCUT2D eigenvalue weighted by atomic mass is 10.0. The zero-order chi connectivity index (χ0) is 14.8. The van der Waals surface area contributed by atoms with Gasteiger partial charge < -0.3 is 14.8 Å². The number of likely N-dealkylation sites (N-methyl/N-ethyl adjacent to an activating group) is 1. The van der Waals surface area contributed by atoms with Crippen molar-refractivity contribution in [2.45, 2.75) is 46.3 Å². The Morgan fingerprint density at radius 2 is 1.75 bits per heavy atom. The van der Waals surface area contributed by atoms with Gasteiger partial charge in [-0.25, -0.2) is 0 Å². The first-order valence-corrected chi connectivity index (χ1v) is 7.68. The average molecular weight is 279 g/mol. The van der Waals surface area contributed by atoms with Crippen molar-refractivity contribution >= 4 is 0 Å². The minimum Gasteiger partial charge on any atom is -0.377 e. The van der Waals surface area contributed by atoms with Crippen molar-refractivity contribution in [1.29, 1.82) is 0 Å². The van der Waals surface area contributed by atoms with Crippen molar-refractivity contribution < 1.29 is 9.47 Å². The summed E-state index contributed by atoms with van der Waals surface area (Å²) >= 11 is 0. The van der Waals surface area contributed by atoms with E-state index < -0.39 is 0 Å². The van der Waals surface area contributed by atoms with E-state index in [9.17, 15) is 0 Å². The van der Waals surface area contributed by atoms with Crippen LogP contribution in [-0.4, -0.2) is 32.5 Å². The van der Waals surface area contributed by atoms with Gasteiger partial charge in [-0.1, -0.05) is 38.1 Å². The van der Waals surface area contributed by atoms with Gasteiger partial charge in [0, 0.05) is 0 Å². The molecule has 1 N–H and O–H groups in total. The molecule has 0 heterocycles. The molecule has 0 aromatic heterocycles. The molecule has 3 nitrogen and oxygen atoms in total. The Morgan fingerprint density at radius 1 is 1.05 bits per heavy atom. The van der Waals surface area contributed by atoms with Crippen molar-refractivity contribution in [3.8, 4) is 0 Å². The van der Waals surface area contributed by atoms with Gasteiger partial charge in [-0.15, -0.1) is 0 Å². The van der Waals surface area contributed by atoms with Crippen LogP contribution >= 0.6 is 0 Å². The molecule has 1 rings (SSSR count). The van der Waals surface area contributed by atoms with Gasteiger partial charge in [0.25, 0.3) is 0 Å². The normalized spacial score (nSPS) is 12.8. The first kappa shape index (κ1) is 17.2. The van der Waals surface area contributed by atoms with Crippen LogP contribution in [0.5, 0.6) is 0 Å². The fraction of sp³-hybridized carbons (Fsp3) is 0.647. The van der Waals surface area contributed by atoms with Crippen LogP contribution in [0.4, 0.5) is 0 Å². The maximum atomic E-state index is 5.72. The van der Waals surface area contributed by atoms with Crippen molar-refractivity contribution in [3.05, 3.63) is 35.4 Å². The van der Waals surface area contributed by atoms with E-state index in [0.29, 0.717) is 19.8 Å². The molecule has 0 saturated heterocycles. The molecule has 1 atom stereocenters. The predicted octanol–water partition coefficient (Wildman–Crippen LogP) is 3.34. The van der Waals surface area contributed by atoms with Crippen LogP contribution in [0.15, 0.2) is 24.3 Å². The van der Waals surface area contributed by atoms with Crippen LogP contribution in [0, 0.1) is 0 Å². The molecule has 1 unspecified atom stereocenters. The maximum Gasteiger partial charge on any atom is 0.0703 e. The molecule has 0 aliphatic heterocycles. The number of hydrogen-bond acceptors (Lipinski definition) is 3. The van der Waals surface area contributed by atoms with Gasteiger partial charge in [0.05, 0.1) is 32.0 Å². The van der Waals surface area contributed by atoms with Crippen molar-refractivity contribution in [2.75, 3.05) is 26.4 Å². The zero-order valence-electron chi connectivity index (χ0n) is 13.3. The summed E-state index contributed by atoms with van der Waals surface area (Å²) in [7, 11) is 0. The largest absolute Gasteiger partial charge is 0.377 e. The number of aryl methyl sites for hydroxylation is 1. The zero-order valence-corrected chi connectivity index (χ0v) is 13.3. The second-order valence-corrected chi connectivity index (χ2v) is 5.20. The maximum absolute atomic E-state index is 5.72. The summed E-state index contributed by atoms with van der Waals surface area (Å²) in [6, 6.07) is 9.04. The van der Waals surface area contributed by atoms with Crippen LogP contribution < -0.4 is 5.32 Å². The highest BCUT2D eigenvalue weighted by molar-refractivity contribution is 5.25. The third kappa shape index (κ3) is 6.51. The number of hydrogen-bond donors (Lipinski definition) is 1. The van der Waals surface area contributed by atoms with E-state index in [4.69, 9.17) is 9.47 Å². The van der Waals surface area contributed by atoms with E-state index in [-0.39, 0.29) is 12.1 Å². The van der Waals surface area contributed by atoms with Crippen molar-refractivity contribution in [1.82, 2.24) is 5.32 Å². The van der Waals surface area contributed by atoms with Gasteiger partial charge in [0.15, 0.2) is 0 Å². The second kappa shape index (κ2) is 9.92. The summed E-state index contributed by atoms with van der Waals surface area (Å²) in [5, 5.41) is 3.47. The Bertz CT molecular complexity index is 349. The summed E-state index contributed by atoms with van der Waals surface area (Å²) in [6.07, 6.45) is 1.35. The fourth-order valence-electron chi connectivity index (χ4n) is 2.05. The van der Waals surface area contributed by atoms with Crippen LogP contribution in [0.25, 0.3) is 0 Å². The van der Waals surface area contributed by atoms with Crippen LogP contribution in [-0.2, 0) is 15.9 Å². The summed E-state index contributed by atoms with van der Waals surface area (Å²) in [6.45, 7) is 11.3. The minimum absolute atomic E-state index is 0.255. The topological polar surface area (TPSA) is 30.5 Å². The van der Waals surface area contributed by atoms with E-state index in [1.54, 1.807) is 0 Å². The molecule has 1 aromatic carbocycles. The smallest absolute Gasteiger partial charge is 0.0703 e. The lowest BCUT2D eigenvalue weighted by Crippen LogP contribution is -2.26. The van der Waals surface area contributed by atoms with Crippen molar-refractivity contribution in [3.63, 3.8) is 0 Å². The van der Waals surface area contributed by atoms with E-state index in [1.807, 2.05) is 13.8 Å². The Hall–Kier alpha value is -0.900. The SMILES string of the molecule is CCNC(COCCOC(C)C)c1ccc(CC)cc1. The molecule has 0 fully saturated rings. The van der Waals surface area contributed by atoms with Gasteiger partial charge in [-0.05, 0) is 37.9 Å². The molecule has 0 aliphatic carbocycles. The second-order valence-electron chi connectivity index (χ2n) is 5.20. The van der Waals surface area contributed by atoms with Crippen LogP contribution in [0.1, 0.15) is 44.9 Å². The summed E-state index contributed by atoms with van der Waals surface area (Å²) in [4.78, 5) is 0. The molecule has 114 valence electrons. The van der Waals surface area contributed by atoms with E-state index in [2.05, 4.69) is 43.4 Å². The molecular formula is C17H29NO2. The predicted molar refractivity (Wildman–Crippen MR) is 84.1 cm³/mol. The van der Waals surface area contributed by atoms with Crippen LogP contribution in [0.2, 0.25) is 0 Å². The lowest BCUT2D eigenvalue weighted by Gasteiger charge is -2.19.